The molecule has 0 fully saturated rings. The van der Waals surface area contributed by atoms with Gasteiger partial charge in [0.15, 0.2) is 0 Å². The molecular formula is C16H15ClO4. The molecule has 0 saturated carbocycles. The van der Waals surface area contributed by atoms with E-state index in [2.05, 4.69) is 0 Å². The van der Waals surface area contributed by atoms with E-state index in [9.17, 15) is 4.79 Å². The van der Waals surface area contributed by atoms with Crippen LogP contribution in [0.1, 0.15) is 5.56 Å². The van der Waals surface area contributed by atoms with Gasteiger partial charge in [0.2, 0.25) is 0 Å². The van der Waals surface area contributed by atoms with Crippen molar-refractivity contribution in [3.63, 3.8) is 0 Å². The molecule has 0 unspecified atom stereocenters. The van der Waals surface area contributed by atoms with Crippen molar-refractivity contribution < 1.29 is 19.0 Å². The molecule has 0 aliphatic carbocycles. The van der Waals surface area contributed by atoms with E-state index in [-0.39, 0.29) is 12.5 Å². The molecule has 0 aliphatic heterocycles. The van der Waals surface area contributed by atoms with Crippen LogP contribution in [0.25, 0.3) is 0 Å². The minimum Gasteiger partial charge on any atom is -0.489 e. The lowest BCUT2D eigenvalue weighted by Crippen LogP contribution is -2.11. The van der Waals surface area contributed by atoms with Gasteiger partial charge in [0.05, 0.1) is 5.88 Å². The first-order valence-corrected chi connectivity index (χ1v) is 6.99. The summed E-state index contributed by atoms with van der Waals surface area (Å²) in [7, 11) is 0. The van der Waals surface area contributed by atoms with Gasteiger partial charge in [-0.1, -0.05) is 30.3 Å². The molecule has 5 heteroatoms. The Hall–Kier alpha value is -2.20. The van der Waals surface area contributed by atoms with Crippen LogP contribution in [-0.2, 0) is 11.3 Å². The molecule has 0 radical (unpaired) electrons. The van der Waals surface area contributed by atoms with Crippen molar-refractivity contribution in [1.29, 1.82) is 0 Å². The molecule has 0 amide bonds. The van der Waals surface area contributed by atoms with Crippen LogP contribution in [0.4, 0.5) is 4.79 Å². The van der Waals surface area contributed by atoms with Crippen molar-refractivity contribution in [2.45, 2.75) is 6.61 Å². The molecule has 0 N–H and O–H groups in total. The van der Waals surface area contributed by atoms with Crippen molar-refractivity contribution in [3.05, 3.63) is 60.2 Å². The molecule has 0 atom stereocenters. The summed E-state index contributed by atoms with van der Waals surface area (Å²) in [5.41, 5.74) is 1.09. The summed E-state index contributed by atoms with van der Waals surface area (Å²) in [6, 6.07) is 16.6. The summed E-state index contributed by atoms with van der Waals surface area (Å²) < 4.78 is 15.3. The van der Waals surface area contributed by atoms with Crippen LogP contribution in [0.5, 0.6) is 11.5 Å². The van der Waals surface area contributed by atoms with E-state index in [0.29, 0.717) is 18.1 Å². The van der Waals surface area contributed by atoms with E-state index in [4.69, 9.17) is 25.8 Å². The number of carbonyl (C=O) groups excluding carboxylic acids is 1. The van der Waals surface area contributed by atoms with Crippen LogP contribution in [-0.4, -0.2) is 18.6 Å². The van der Waals surface area contributed by atoms with Gasteiger partial charge in [-0.15, -0.1) is 11.6 Å². The highest BCUT2D eigenvalue weighted by Crippen LogP contribution is 2.19. The number of halogens is 1. The highest BCUT2D eigenvalue weighted by atomic mass is 35.5. The number of rotatable bonds is 6. The molecule has 0 spiro atoms. The van der Waals surface area contributed by atoms with Crippen molar-refractivity contribution in [3.8, 4) is 11.5 Å². The third-order valence-electron chi connectivity index (χ3n) is 2.57. The third-order valence-corrected chi connectivity index (χ3v) is 2.72. The van der Waals surface area contributed by atoms with Gasteiger partial charge in [-0.05, 0) is 29.8 Å². The fourth-order valence-corrected chi connectivity index (χ4v) is 1.67. The number of ether oxygens (including phenoxy) is 3. The maximum absolute atomic E-state index is 11.2. The minimum atomic E-state index is -0.770. The Morgan fingerprint density at radius 3 is 2.29 bits per heavy atom. The number of hydrogen-bond donors (Lipinski definition) is 0. The number of hydrogen-bond acceptors (Lipinski definition) is 4. The molecule has 4 nitrogen and oxygen atoms in total. The normalized spacial score (nSPS) is 9.95. The first-order valence-electron chi connectivity index (χ1n) is 6.45. The summed E-state index contributed by atoms with van der Waals surface area (Å²) in [5, 5.41) is 0. The summed E-state index contributed by atoms with van der Waals surface area (Å²) in [5.74, 6) is 1.32. The summed E-state index contributed by atoms with van der Waals surface area (Å²) in [6.07, 6.45) is -0.770. The second-order valence-corrected chi connectivity index (χ2v) is 4.51. The fraction of sp³-hybridized carbons (Fsp3) is 0.188. The Bertz CT molecular complexity index is 554. The minimum absolute atomic E-state index is 0.124. The topological polar surface area (TPSA) is 44.8 Å². The van der Waals surface area contributed by atoms with E-state index in [0.717, 1.165) is 5.56 Å². The average Bonchev–Trinajstić information content (AvgIpc) is 2.53. The second kappa shape index (κ2) is 8.17. The Morgan fingerprint density at radius 2 is 1.62 bits per heavy atom. The second-order valence-electron chi connectivity index (χ2n) is 4.14. The van der Waals surface area contributed by atoms with Crippen LogP contribution in [0.3, 0.4) is 0 Å². The molecule has 0 heterocycles. The average molecular weight is 307 g/mol. The monoisotopic (exact) mass is 306 g/mol. The SMILES string of the molecule is O=C(OCCCl)Oc1ccc(OCc2ccccc2)cc1. The van der Waals surface area contributed by atoms with Gasteiger partial charge >= 0.3 is 6.16 Å². The largest absolute Gasteiger partial charge is 0.513 e. The van der Waals surface area contributed by atoms with Crippen molar-refractivity contribution in [1.82, 2.24) is 0 Å². The summed E-state index contributed by atoms with van der Waals surface area (Å²) >= 11 is 5.41. The van der Waals surface area contributed by atoms with E-state index in [1.165, 1.54) is 0 Å². The molecule has 0 bridgehead atoms. The Morgan fingerprint density at radius 1 is 0.952 bits per heavy atom. The molecular weight excluding hydrogens is 292 g/mol. The van der Waals surface area contributed by atoms with Crippen molar-refractivity contribution in [2.24, 2.45) is 0 Å². The van der Waals surface area contributed by atoms with Gasteiger partial charge < -0.3 is 14.2 Å². The fourth-order valence-electron chi connectivity index (χ4n) is 1.59. The van der Waals surface area contributed by atoms with E-state index in [1.807, 2.05) is 30.3 Å². The van der Waals surface area contributed by atoms with Gasteiger partial charge in [-0.25, -0.2) is 4.79 Å². The zero-order chi connectivity index (χ0) is 14.9. The molecule has 0 aliphatic rings. The number of carbonyl (C=O) groups is 1. The lowest BCUT2D eigenvalue weighted by atomic mass is 10.2. The highest BCUT2D eigenvalue weighted by molar-refractivity contribution is 6.18. The van der Waals surface area contributed by atoms with Crippen molar-refractivity contribution in [2.75, 3.05) is 12.5 Å². The predicted octanol–water partition coefficient (Wildman–Crippen LogP) is 4.02. The molecule has 21 heavy (non-hydrogen) atoms. The molecule has 2 aromatic carbocycles. The molecule has 2 aromatic rings. The zero-order valence-corrected chi connectivity index (χ0v) is 12.1. The van der Waals surface area contributed by atoms with Crippen LogP contribution in [0.15, 0.2) is 54.6 Å². The van der Waals surface area contributed by atoms with Gasteiger partial charge in [0, 0.05) is 0 Å². The van der Waals surface area contributed by atoms with Crippen LogP contribution < -0.4 is 9.47 Å². The maximum atomic E-state index is 11.2. The lowest BCUT2D eigenvalue weighted by Gasteiger charge is -2.08. The van der Waals surface area contributed by atoms with Crippen LogP contribution >= 0.6 is 11.6 Å². The van der Waals surface area contributed by atoms with E-state index < -0.39 is 6.16 Å². The van der Waals surface area contributed by atoms with E-state index >= 15 is 0 Å². The predicted molar refractivity (Wildman–Crippen MR) is 79.9 cm³/mol. The standard InChI is InChI=1S/C16H15ClO4/c17-10-11-19-16(18)21-15-8-6-14(7-9-15)20-12-13-4-2-1-3-5-13/h1-9H,10-12H2. The van der Waals surface area contributed by atoms with Gasteiger partial charge in [-0.3, -0.25) is 0 Å². The van der Waals surface area contributed by atoms with Crippen LogP contribution in [0, 0.1) is 0 Å². The van der Waals surface area contributed by atoms with E-state index in [1.54, 1.807) is 24.3 Å². The molecule has 2 rings (SSSR count). The Kier molecular flexibility index (Phi) is 5.91. The number of alkyl halides is 1. The number of benzene rings is 2. The maximum Gasteiger partial charge on any atom is 0.513 e. The Balaban J connectivity index is 1.83. The zero-order valence-electron chi connectivity index (χ0n) is 11.3. The van der Waals surface area contributed by atoms with Gasteiger partial charge in [-0.2, -0.15) is 0 Å². The third kappa shape index (κ3) is 5.36. The molecule has 0 saturated heterocycles. The van der Waals surface area contributed by atoms with Crippen LogP contribution in [0.2, 0.25) is 0 Å². The quantitative estimate of drug-likeness (QED) is 0.459. The molecule has 110 valence electrons. The Labute approximate surface area is 128 Å². The van der Waals surface area contributed by atoms with Gasteiger partial charge in [0.1, 0.15) is 24.7 Å². The first-order chi connectivity index (χ1) is 10.3. The smallest absolute Gasteiger partial charge is 0.489 e. The summed E-state index contributed by atoms with van der Waals surface area (Å²) in [4.78, 5) is 11.2. The lowest BCUT2D eigenvalue weighted by molar-refractivity contribution is 0.105. The molecule has 0 aromatic heterocycles. The highest BCUT2D eigenvalue weighted by Gasteiger charge is 2.05. The summed E-state index contributed by atoms with van der Waals surface area (Å²) in [6.45, 7) is 0.609. The first kappa shape index (κ1) is 15.2. The van der Waals surface area contributed by atoms with Crippen molar-refractivity contribution >= 4 is 17.8 Å². The van der Waals surface area contributed by atoms with Gasteiger partial charge in [0.25, 0.3) is 0 Å².